The summed E-state index contributed by atoms with van der Waals surface area (Å²) < 4.78 is 5.43. The van der Waals surface area contributed by atoms with Gasteiger partial charge in [-0.2, -0.15) is 0 Å². The molecule has 1 saturated carbocycles. The number of carbonyl (C=O) groups is 5. The number of likely N-dealkylation sites (N-methyl/N-ethyl adjacent to an activating group) is 1. The summed E-state index contributed by atoms with van der Waals surface area (Å²) in [6.45, 7) is 2.71. The molecule has 0 aliphatic heterocycles. The molecule has 2 amide bonds. The number of benzene rings is 1. The van der Waals surface area contributed by atoms with Crippen LogP contribution in [-0.2, 0) is 35.1 Å². The highest BCUT2D eigenvalue weighted by molar-refractivity contribution is 6.05. The number of amides is 2. The zero-order chi connectivity index (χ0) is 25.1. The molecule has 0 spiro atoms. The van der Waals surface area contributed by atoms with Gasteiger partial charge in [0, 0.05) is 52.2 Å². The van der Waals surface area contributed by atoms with Gasteiger partial charge in [-0.05, 0) is 43.9 Å². The third-order valence-corrected chi connectivity index (χ3v) is 6.14. The quantitative estimate of drug-likeness (QED) is 0.323. The smallest absolute Gasteiger partial charge is 0.236 e. The van der Waals surface area contributed by atoms with Gasteiger partial charge >= 0.3 is 0 Å². The molecule has 1 aromatic rings. The van der Waals surface area contributed by atoms with Crippen LogP contribution in [0.2, 0.25) is 0 Å². The van der Waals surface area contributed by atoms with E-state index < -0.39 is 5.92 Å². The van der Waals surface area contributed by atoms with E-state index in [1.54, 1.807) is 38.4 Å². The first-order valence-electron chi connectivity index (χ1n) is 11.9. The lowest BCUT2D eigenvalue weighted by Crippen LogP contribution is -2.36. The third kappa shape index (κ3) is 8.82. The van der Waals surface area contributed by atoms with Crippen LogP contribution in [0.3, 0.4) is 0 Å². The zero-order valence-electron chi connectivity index (χ0n) is 20.5. The molecule has 2 rings (SSSR count). The van der Waals surface area contributed by atoms with E-state index in [1.165, 1.54) is 16.7 Å². The number of hydrogen-bond donors (Lipinski definition) is 0. The van der Waals surface area contributed by atoms with Crippen LogP contribution in [0.1, 0.15) is 57.4 Å². The molecule has 8 heteroatoms. The first kappa shape index (κ1) is 27.4. The van der Waals surface area contributed by atoms with Gasteiger partial charge in [0.05, 0.1) is 12.5 Å². The highest BCUT2D eigenvalue weighted by Gasteiger charge is 2.28. The lowest BCUT2D eigenvalue weighted by atomic mass is 9.83. The van der Waals surface area contributed by atoms with E-state index in [9.17, 15) is 24.0 Å². The fourth-order valence-corrected chi connectivity index (χ4v) is 3.86. The van der Waals surface area contributed by atoms with Gasteiger partial charge in [-0.1, -0.05) is 18.6 Å². The van der Waals surface area contributed by atoms with Crippen LogP contribution in [-0.4, -0.2) is 67.9 Å². The van der Waals surface area contributed by atoms with Crippen molar-refractivity contribution in [2.75, 3.05) is 38.8 Å². The second kappa shape index (κ2) is 13.7. The molecule has 1 aliphatic rings. The second-order valence-corrected chi connectivity index (χ2v) is 8.94. The average Bonchev–Trinajstić information content (AvgIpc) is 2.81. The Bertz CT molecular complexity index is 880. The van der Waals surface area contributed by atoms with E-state index in [-0.39, 0.29) is 42.0 Å². The highest BCUT2D eigenvalue weighted by Crippen LogP contribution is 2.23. The van der Waals surface area contributed by atoms with Gasteiger partial charge in [0.25, 0.3) is 0 Å². The summed E-state index contributed by atoms with van der Waals surface area (Å²) in [5.41, 5.74) is 1.42. The van der Waals surface area contributed by atoms with E-state index in [1.807, 2.05) is 0 Å². The molecular weight excluding hydrogens is 436 g/mol. The van der Waals surface area contributed by atoms with Crippen molar-refractivity contribution < 1.29 is 28.7 Å². The molecule has 0 radical (unpaired) electrons. The Morgan fingerprint density at radius 3 is 2.35 bits per heavy atom. The highest BCUT2D eigenvalue weighted by atomic mass is 16.5. The van der Waals surface area contributed by atoms with Crippen LogP contribution in [0.25, 0.3) is 0 Å². The largest absolute Gasteiger partial charge is 0.380 e. The Morgan fingerprint density at radius 2 is 1.71 bits per heavy atom. The molecule has 0 bridgehead atoms. The van der Waals surface area contributed by atoms with Crippen molar-refractivity contribution in [2.24, 2.45) is 5.92 Å². The van der Waals surface area contributed by atoms with Crippen LogP contribution >= 0.6 is 0 Å². The Labute approximate surface area is 201 Å². The second-order valence-electron chi connectivity index (χ2n) is 8.94. The van der Waals surface area contributed by atoms with Crippen LogP contribution in [0, 0.1) is 5.92 Å². The van der Waals surface area contributed by atoms with Crippen molar-refractivity contribution >= 4 is 34.9 Å². The molecule has 1 aromatic carbocycles. The molecule has 186 valence electrons. The number of anilines is 1. The van der Waals surface area contributed by atoms with Crippen LogP contribution < -0.4 is 4.90 Å². The summed E-state index contributed by atoms with van der Waals surface area (Å²) >= 11 is 0. The summed E-state index contributed by atoms with van der Waals surface area (Å²) in [6, 6.07) is 7.04. The molecule has 0 saturated heterocycles. The molecule has 1 aliphatic carbocycles. The first-order chi connectivity index (χ1) is 16.2. The zero-order valence-corrected chi connectivity index (χ0v) is 20.5. The van der Waals surface area contributed by atoms with Gasteiger partial charge < -0.3 is 19.3 Å². The van der Waals surface area contributed by atoms with Gasteiger partial charge in [0.2, 0.25) is 11.8 Å². The number of rotatable bonds is 13. The molecular formula is C26H36N2O6. The van der Waals surface area contributed by atoms with E-state index in [0.717, 1.165) is 18.4 Å². The molecule has 0 N–H and O–H groups in total. The van der Waals surface area contributed by atoms with Crippen molar-refractivity contribution in [1.29, 1.82) is 0 Å². The number of hydrogen-bond acceptors (Lipinski definition) is 6. The Hall–Kier alpha value is -2.87. The van der Waals surface area contributed by atoms with Crippen LogP contribution in [0.15, 0.2) is 24.3 Å². The van der Waals surface area contributed by atoms with Gasteiger partial charge in [0.15, 0.2) is 0 Å². The minimum Gasteiger partial charge on any atom is -0.380 e. The minimum absolute atomic E-state index is 0.0432. The number of nitrogens with zero attached hydrogens (tertiary/aromatic N) is 2. The lowest BCUT2D eigenvalue weighted by molar-refractivity contribution is -0.135. The van der Waals surface area contributed by atoms with Crippen molar-refractivity contribution in [3.05, 3.63) is 29.8 Å². The Kier molecular flexibility index (Phi) is 11.1. The van der Waals surface area contributed by atoms with Gasteiger partial charge in [-0.15, -0.1) is 0 Å². The summed E-state index contributed by atoms with van der Waals surface area (Å²) in [5, 5.41) is 0. The number of Topliss-reactive ketones (excluding diaryl/α,β-unsaturated/α-hetero) is 3. The summed E-state index contributed by atoms with van der Waals surface area (Å²) in [6.07, 6.45) is 3.98. The molecule has 1 atom stereocenters. The fraction of sp³-hybridized carbons (Fsp3) is 0.577. The SMILES string of the molecule is CC(=O)CCCOCCN(C)C(=O)CC(=O)N(C)c1ccc(CC(=O)C2CCCCC2=O)cc1. The first-order valence-corrected chi connectivity index (χ1v) is 11.9. The Morgan fingerprint density at radius 1 is 1.00 bits per heavy atom. The summed E-state index contributed by atoms with van der Waals surface area (Å²) in [4.78, 5) is 63.2. The number of ketones is 3. The van der Waals surface area contributed by atoms with Crippen molar-refractivity contribution in [3.8, 4) is 0 Å². The Balaban J connectivity index is 1.77. The normalized spacial score (nSPS) is 15.6. The van der Waals surface area contributed by atoms with Gasteiger partial charge in [-0.25, -0.2) is 0 Å². The van der Waals surface area contributed by atoms with Crippen molar-refractivity contribution in [1.82, 2.24) is 4.90 Å². The molecule has 1 unspecified atom stereocenters. The molecule has 0 heterocycles. The standard InChI is InChI=1S/C26H36N2O6/c1-19(29)7-6-15-34-16-14-27(2)25(32)18-26(33)28(3)21-12-10-20(11-13-21)17-24(31)22-8-4-5-9-23(22)30/h10-13,22H,4-9,14-18H2,1-3H3. The lowest BCUT2D eigenvalue weighted by Gasteiger charge is -2.21. The summed E-state index contributed by atoms with van der Waals surface area (Å²) in [7, 11) is 3.23. The molecule has 0 aromatic heterocycles. The molecule has 1 fully saturated rings. The summed E-state index contributed by atoms with van der Waals surface area (Å²) in [5.74, 6) is -0.991. The minimum atomic E-state index is -0.480. The predicted molar refractivity (Wildman–Crippen MR) is 129 cm³/mol. The van der Waals surface area contributed by atoms with E-state index in [2.05, 4.69) is 0 Å². The predicted octanol–water partition coefficient (Wildman–Crippen LogP) is 2.75. The average molecular weight is 473 g/mol. The van der Waals surface area contributed by atoms with E-state index >= 15 is 0 Å². The van der Waals surface area contributed by atoms with Crippen LogP contribution in [0.5, 0.6) is 0 Å². The molecule has 34 heavy (non-hydrogen) atoms. The number of carbonyl (C=O) groups excluding carboxylic acids is 5. The van der Waals surface area contributed by atoms with Crippen molar-refractivity contribution in [3.63, 3.8) is 0 Å². The van der Waals surface area contributed by atoms with Gasteiger partial charge in [-0.3, -0.25) is 19.2 Å². The topological polar surface area (TPSA) is 101 Å². The third-order valence-electron chi connectivity index (χ3n) is 6.14. The molecule has 8 nitrogen and oxygen atoms in total. The van der Waals surface area contributed by atoms with Crippen molar-refractivity contribution in [2.45, 2.75) is 58.3 Å². The maximum atomic E-state index is 12.6. The van der Waals surface area contributed by atoms with Gasteiger partial charge in [0.1, 0.15) is 23.8 Å². The monoisotopic (exact) mass is 472 g/mol. The number of ether oxygens (including phenoxy) is 1. The maximum absolute atomic E-state index is 12.6. The maximum Gasteiger partial charge on any atom is 0.236 e. The van der Waals surface area contributed by atoms with E-state index in [0.29, 0.717) is 51.1 Å². The van der Waals surface area contributed by atoms with E-state index in [4.69, 9.17) is 4.74 Å². The van der Waals surface area contributed by atoms with Crippen LogP contribution in [0.4, 0.5) is 5.69 Å². The fourth-order valence-electron chi connectivity index (χ4n) is 3.86.